The van der Waals surface area contributed by atoms with Crippen LogP contribution >= 0.6 is 23.5 Å². The van der Waals surface area contributed by atoms with Crippen molar-refractivity contribution >= 4 is 91.8 Å². The molecule has 4 nitrogen and oxygen atoms in total. The fourth-order valence-corrected chi connectivity index (χ4v) is 11.9. The van der Waals surface area contributed by atoms with Crippen molar-refractivity contribution in [2.75, 3.05) is 19.6 Å². The van der Waals surface area contributed by atoms with Crippen molar-refractivity contribution in [1.29, 1.82) is 0 Å². The normalized spacial score (nSPS) is 10.9. The molecule has 0 aliphatic carbocycles. The molecule has 6 heteroatoms. The summed E-state index contributed by atoms with van der Waals surface area (Å²) in [6, 6.07) is 117. The highest BCUT2D eigenvalue weighted by Crippen LogP contribution is 2.49. The van der Waals surface area contributed by atoms with Gasteiger partial charge in [-0.3, -0.25) is 0 Å². The third-order valence-corrected chi connectivity index (χ3v) is 15.3. The van der Waals surface area contributed by atoms with E-state index in [1.54, 1.807) is 23.5 Å². The van der Waals surface area contributed by atoms with Crippen LogP contribution in [0.1, 0.15) is 0 Å². The summed E-state index contributed by atoms with van der Waals surface area (Å²) in [4.78, 5) is 14.1. The summed E-state index contributed by atoms with van der Waals surface area (Å²) in [5, 5.41) is 0. The summed E-state index contributed by atoms with van der Waals surface area (Å²) >= 11 is 3.56. The zero-order chi connectivity index (χ0) is 52.3. The first kappa shape index (κ1) is 49.4. The van der Waals surface area contributed by atoms with Crippen molar-refractivity contribution in [3.63, 3.8) is 0 Å². The van der Waals surface area contributed by atoms with E-state index < -0.39 is 0 Å². The number of benzene rings is 12. The molecule has 0 saturated carbocycles. The van der Waals surface area contributed by atoms with Gasteiger partial charge in [-0.05, 0) is 151 Å². The topological polar surface area (TPSA) is 13.0 Å². The molecule has 0 saturated heterocycles. The summed E-state index contributed by atoms with van der Waals surface area (Å²) in [5.41, 5.74) is 14.8. The lowest BCUT2D eigenvalue weighted by molar-refractivity contribution is 1.21. The van der Waals surface area contributed by atoms with Gasteiger partial charge in [-0.2, -0.15) is 0 Å². The summed E-state index contributed by atoms with van der Waals surface area (Å²) in [5.74, 6) is 0. The van der Waals surface area contributed by atoms with Crippen LogP contribution in [-0.4, -0.2) is 0 Å². The number of rotatable bonds is 17. The molecule has 0 radical (unpaired) electrons. The molecule has 0 amide bonds. The molecule has 78 heavy (non-hydrogen) atoms. The largest absolute Gasteiger partial charge is 0.310 e. The number of hydrogen-bond donors (Lipinski definition) is 0. The standard InChI is InChI=1S/C72H54N4S2/c1-9-28-55(29-10-1)71-46-25-26-47-72(71)76(65-49-63(73(56-30-11-2-12-31-56)57-32-13-3-14-33-57)48-64(50-65)74(58-34-15-4-16-35-58)59-36-17-5-18-37-59)62-42-27-45-68(51-62)78-70-53-66(52-69(54-70)77-67-43-23-8-24-44-67)75(60-38-19-6-20-39-60)61-40-21-7-22-41-61/h1-54H. The van der Waals surface area contributed by atoms with Crippen LogP contribution in [0, 0.1) is 0 Å². The lowest BCUT2D eigenvalue weighted by atomic mass is 10.0. The Kier molecular flexibility index (Phi) is 15.0. The minimum Gasteiger partial charge on any atom is -0.310 e. The zero-order valence-corrected chi connectivity index (χ0v) is 44.4. The van der Waals surface area contributed by atoms with Gasteiger partial charge in [0.1, 0.15) is 0 Å². The highest BCUT2D eigenvalue weighted by atomic mass is 32.2. The molecule has 0 spiro atoms. The highest BCUT2D eigenvalue weighted by molar-refractivity contribution is 8.00. The maximum Gasteiger partial charge on any atom is 0.0540 e. The summed E-state index contributed by atoms with van der Waals surface area (Å²) in [6.45, 7) is 0. The van der Waals surface area contributed by atoms with Crippen molar-refractivity contribution < 1.29 is 0 Å². The van der Waals surface area contributed by atoms with E-state index in [4.69, 9.17) is 0 Å². The van der Waals surface area contributed by atoms with Gasteiger partial charge in [-0.25, -0.2) is 0 Å². The minimum atomic E-state index is 0.992. The highest BCUT2D eigenvalue weighted by Gasteiger charge is 2.24. The molecule has 0 aliphatic heterocycles. The average Bonchev–Trinajstić information content (AvgIpc) is 3.58. The quantitative estimate of drug-likeness (QED) is 0.0895. The van der Waals surface area contributed by atoms with E-state index in [0.717, 1.165) is 94.1 Å². The van der Waals surface area contributed by atoms with Crippen molar-refractivity contribution in [2.24, 2.45) is 0 Å². The second-order valence-electron chi connectivity index (χ2n) is 18.6. The van der Waals surface area contributed by atoms with Crippen molar-refractivity contribution in [3.8, 4) is 11.1 Å². The molecule has 0 N–H and O–H groups in total. The van der Waals surface area contributed by atoms with E-state index >= 15 is 0 Å². The summed E-state index contributed by atoms with van der Waals surface area (Å²) < 4.78 is 0. The fraction of sp³-hybridized carbons (Fsp3) is 0. The second kappa shape index (κ2) is 23.6. The van der Waals surface area contributed by atoms with E-state index in [9.17, 15) is 0 Å². The Morgan fingerprint density at radius 2 is 0.474 bits per heavy atom. The van der Waals surface area contributed by atoms with Gasteiger partial charge in [-0.1, -0.05) is 206 Å². The van der Waals surface area contributed by atoms with E-state index in [1.165, 1.54) is 4.90 Å². The lowest BCUT2D eigenvalue weighted by Gasteiger charge is -2.33. The molecule has 0 fully saturated rings. The first-order chi connectivity index (χ1) is 38.7. The van der Waals surface area contributed by atoms with Gasteiger partial charge < -0.3 is 19.6 Å². The average molecular weight is 1040 g/mol. The van der Waals surface area contributed by atoms with Crippen molar-refractivity contribution in [2.45, 2.75) is 19.6 Å². The Hall–Kier alpha value is -9.46. The van der Waals surface area contributed by atoms with Gasteiger partial charge in [0.05, 0.1) is 22.7 Å². The summed E-state index contributed by atoms with van der Waals surface area (Å²) in [7, 11) is 0. The van der Waals surface area contributed by atoms with Gasteiger partial charge in [-0.15, -0.1) is 0 Å². The van der Waals surface area contributed by atoms with Crippen LogP contribution in [0.25, 0.3) is 11.1 Å². The molecule has 0 heterocycles. The van der Waals surface area contributed by atoms with Gasteiger partial charge in [0.2, 0.25) is 0 Å². The molecular formula is C72H54N4S2. The van der Waals surface area contributed by atoms with Crippen LogP contribution in [0.4, 0.5) is 68.2 Å². The van der Waals surface area contributed by atoms with Gasteiger partial charge in [0.25, 0.3) is 0 Å². The van der Waals surface area contributed by atoms with Crippen LogP contribution in [0.3, 0.4) is 0 Å². The third-order valence-electron chi connectivity index (χ3n) is 13.4. The van der Waals surface area contributed by atoms with Gasteiger partial charge >= 0.3 is 0 Å². The molecule has 12 rings (SSSR count). The van der Waals surface area contributed by atoms with Crippen LogP contribution < -0.4 is 19.6 Å². The smallest absolute Gasteiger partial charge is 0.0540 e. The molecule has 12 aromatic rings. The maximum atomic E-state index is 2.45. The van der Waals surface area contributed by atoms with Crippen LogP contribution in [-0.2, 0) is 0 Å². The molecular weight excluding hydrogens is 985 g/mol. The Bertz CT molecular complexity index is 3630. The number of hydrogen-bond acceptors (Lipinski definition) is 6. The predicted molar refractivity (Wildman–Crippen MR) is 332 cm³/mol. The molecule has 0 aromatic heterocycles. The van der Waals surface area contributed by atoms with Gasteiger partial charge in [0, 0.05) is 70.6 Å². The van der Waals surface area contributed by atoms with E-state index in [2.05, 4.69) is 347 Å². The first-order valence-electron chi connectivity index (χ1n) is 26.1. The molecule has 0 aliphatic rings. The Balaban J connectivity index is 1.06. The van der Waals surface area contributed by atoms with Crippen LogP contribution in [0.2, 0.25) is 0 Å². The van der Waals surface area contributed by atoms with Crippen LogP contribution in [0.15, 0.2) is 347 Å². The molecule has 0 atom stereocenters. The Morgan fingerprint density at radius 3 is 0.897 bits per heavy atom. The fourth-order valence-electron chi connectivity index (χ4n) is 9.98. The second-order valence-corrected chi connectivity index (χ2v) is 20.9. The Morgan fingerprint density at radius 1 is 0.179 bits per heavy atom. The lowest BCUT2D eigenvalue weighted by Crippen LogP contribution is -2.16. The minimum absolute atomic E-state index is 0.992. The number of anilines is 12. The number of nitrogens with zero attached hydrogens (tertiary/aromatic N) is 4. The van der Waals surface area contributed by atoms with Crippen LogP contribution in [0.5, 0.6) is 0 Å². The van der Waals surface area contributed by atoms with E-state index in [0.29, 0.717) is 0 Å². The molecule has 374 valence electrons. The summed E-state index contributed by atoms with van der Waals surface area (Å²) in [6.07, 6.45) is 0. The molecule has 0 unspecified atom stereocenters. The van der Waals surface area contributed by atoms with E-state index in [-0.39, 0.29) is 0 Å². The zero-order valence-electron chi connectivity index (χ0n) is 42.8. The van der Waals surface area contributed by atoms with Gasteiger partial charge in [0.15, 0.2) is 0 Å². The van der Waals surface area contributed by atoms with Crippen molar-refractivity contribution in [3.05, 3.63) is 328 Å². The predicted octanol–water partition coefficient (Wildman–Crippen LogP) is 21.5. The van der Waals surface area contributed by atoms with Crippen molar-refractivity contribution in [1.82, 2.24) is 0 Å². The van der Waals surface area contributed by atoms with E-state index in [1.807, 2.05) is 0 Å². The maximum absolute atomic E-state index is 2.45. The SMILES string of the molecule is c1ccc(Sc2cc(Sc3cccc(N(c4cc(N(c5ccccc5)c5ccccc5)cc(N(c5ccccc5)c5ccccc5)c4)c4ccccc4-c4ccccc4)c3)cc(N(c3ccccc3)c3ccccc3)c2)cc1. The third kappa shape index (κ3) is 11.2. The monoisotopic (exact) mass is 1040 g/mol. The first-order valence-corrected chi connectivity index (χ1v) is 27.8. The molecule has 12 aromatic carbocycles. The molecule has 0 bridgehead atoms. The number of para-hydroxylation sites is 7. The Labute approximate surface area is 466 Å².